The Kier molecular flexibility index (Phi) is 3.04. The van der Waals surface area contributed by atoms with Crippen LogP contribution in [0.4, 0.5) is 17.2 Å². The van der Waals surface area contributed by atoms with Crippen molar-refractivity contribution in [3.8, 4) is 0 Å². The standard InChI is InChI=1S/C11H13IN4/c1-7-10(13)11(16(2)15-7)14-9-6-4-3-5-8(9)12/h3-6,14H,13H2,1-2H3. The van der Waals surface area contributed by atoms with Crippen LogP contribution in [0.25, 0.3) is 0 Å². The van der Waals surface area contributed by atoms with Gasteiger partial charge in [0.25, 0.3) is 0 Å². The zero-order valence-electron chi connectivity index (χ0n) is 9.16. The molecule has 3 N–H and O–H groups in total. The van der Waals surface area contributed by atoms with Gasteiger partial charge in [0.2, 0.25) is 0 Å². The second kappa shape index (κ2) is 4.32. The van der Waals surface area contributed by atoms with E-state index < -0.39 is 0 Å². The number of anilines is 3. The predicted molar refractivity (Wildman–Crippen MR) is 74.8 cm³/mol. The summed E-state index contributed by atoms with van der Waals surface area (Å²) in [5, 5.41) is 7.56. The lowest BCUT2D eigenvalue weighted by Crippen LogP contribution is -2.02. The van der Waals surface area contributed by atoms with E-state index in [9.17, 15) is 0 Å². The SMILES string of the molecule is Cc1nn(C)c(Nc2ccccc2I)c1N. The van der Waals surface area contributed by atoms with Gasteiger partial charge in [-0.15, -0.1) is 0 Å². The Morgan fingerprint density at radius 2 is 2.06 bits per heavy atom. The summed E-state index contributed by atoms with van der Waals surface area (Å²) < 4.78 is 2.91. The Labute approximate surface area is 108 Å². The summed E-state index contributed by atoms with van der Waals surface area (Å²) >= 11 is 2.28. The Morgan fingerprint density at radius 3 is 2.62 bits per heavy atom. The highest BCUT2D eigenvalue weighted by molar-refractivity contribution is 14.1. The van der Waals surface area contributed by atoms with Crippen LogP contribution in [0.2, 0.25) is 0 Å². The van der Waals surface area contributed by atoms with E-state index in [0.717, 1.165) is 20.8 Å². The van der Waals surface area contributed by atoms with Crippen molar-refractivity contribution in [2.24, 2.45) is 7.05 Å². The molecule has 84 valence electrons. The lowest BCUT2D eigenvalue weighted by atomic mass is 10.3. The average Bonchev–Trinajstić information content (AvgIpc) is 2.48. The van der Waals surface area contributed by atoms with Crippen LogP contribution in [0.1, 0.15) is 5.69 Å². The molecule has 0 amide bonds. The van der Waals surface area contributed by atoms with Crippen LogP contribution in [0.15, 0.2) is 24.3 Å². The number of hydrogen-bond acceptors (Lipinski definition) is 3. The van der Waals surface area contributed by atoms with Crippen LogP contribution in [0.3, 0.4) is 0 Å². The fourth-order valence-electron chi connectivity index (χ4n) is 1.51. The highest BCUT2D eigenvalue weighted by Crippen LogP contribution is 2.27. The second-order valence-electron chi connectivity index (χ2n) is 3.58. The van der Waals surface area contributed by atoms with Crippen LogP contribution < -0.4 is 11.1 Å². The summed E-state index contributed by atoms with van der Waals surface area (Å²) in [6.45, 7) is 1.90. The maximum absolute atomic E-state index is 5.95. The zero-order chi connectivity index (χ0) is 11.7. The van der Waals surface area contributed by atoms with Crippen molar-refractivity contribution >= 4 is 39.8 Å². The normalized spacial score (nSPS) is 10.4. The first kappa shape index (κ1) is 11.3. The molecule has 1 heterocycles. The number of aryl methyl sites for hydroxylation is 2. The molecule has 0 aliphatic rings. The summed E-state index contributed by atoms with van der Waals surface area (Å²) in [7, 11) is 1.88. The van der Waals surface area contributed by atoms with E-state index in [0.29, 0.717) is 5.69 Å². The molecule has 2 rings (SSSR count). The number of aromatic nitrogens is 2. The molecule has 0 saturated carbocycles. The molecule has 16 heavy (non-hydrogen) atoms. The molecule has 0 radical (unpaired) electrons. The Morgan fingerprint density at radius 1 is 1.38 bits per heavy atom. The van der Waals surface area contributed by atoms with Crippen molar-refractivity contribution in [1.29, 1.82) is 0 Å². The van der Waals surface area contributed by atoms with Gasteiger partial charge >= 0.3 is 0 Å². The first-order chi connectivity index (χ1) is 7.59. The van der Waals surface area contributed by atoms with E-state index in [1.165, 1.54) is 0 Å². The van der Waals surface area contributed by atoms with Gasteiger partial charge < -0.3 is 11.1 Å². The number of nitrogen functional groups attached to an aromatic ring is 1. The van der Waals surface area contributed by atoms with Gasteiger partial charge in [0.15, 0.2) is 5.82 Å². The number of nitrogens with two attached hydrogens (primary N) is 1. The molecule has 0 bridgehead atoms. The summed E-state index contributed by atoms with van der Waals surface area (Å²) in [5.41, 5.74) is 8.53. The zero-order valence-corrected chi connectivity index (χ0v) is 11.3. The molecule has 0 unspecified atom stereocenters. The van der Waals surface area contributed by atoms with Crippen LogP contribution in [0, 0.1) is 10.5 Å². The maximum atomic E-state index is 5.95. The molecule has 4 nitrogen and oxygen atoms in total. The summed E-state index contributed by atoms with van der Waals surface area (Å²) in [5.74, 6) is 0.835. The van der Waals surface area contributed by atoms with Crippen molar-refractivity contribution in [1.82, 2.24) is 9.78 Å². The van der Waals surface area contributed by atoms with Gasteiger partial charge in [-0.2, -0.15) is 5.10 Å². The highest BCUT2D eigenvalue weighted by Gasteiger charge is 2.10. The van der Waals surface area contributed by atoms with E-state index in [-0.39, 0.29) is 0 Å². The minimum absolute atomic E-state index is 0.696. The third kappa shape index (κ3) is 1.99. The Bertz CT molecular complexity index is 519. The van der Waals surface area contributed by atoms with Crippen molar-refractivity contribution in [2.45, 2.75) is 6.92 Å². The van der Waals surface area contributed by atoms with E-state index in [1.54, 1.807) is 4.68 Å². The molecule has 0 atom stereocenters. The molecule has 5 heteroatoms. The maximum Gasteiger partial charge on any atom is 0.152 e. The lowest BCUT2D eigenvalue weighted by Gasteiger charge is -2.09. The smallest absolute Gasteiger partial charge is 0.152 e. The number of benzene rings is 1. The molecule has 2 aromatic rings. The Balaban J connectivity index is 2.38. The summed E-state index contributed by atoms with van der Waals surface area (Å²) in [6.07, 6.45) is 0. The minimum Gasteiger partial charge on any atom is -0.394 e. The monoisotopic (exact) mass is 328 g/mol. The number of nitrogens with zero attached hydrogens (tertiary/aromatic N) is 2. The van der Waals surface area contributed by atoms with Crippen molar-refractivity contribution < 1.29 is 0 Å². The topological polar surface area (TPSA) is 55.9 Å². The van der Waals surface area contributed by atoms with Crippen LogP contribution >= 0.6 is 22.6 Å². The average molecular weight is 328 g/mol. The first-order valence-electron chi connectivity index (χ1n) is 4.90. The van der Waals surface area contributed by atoms with Crippen molar-refractivity contribution in [3.63, 3.8) is 0 Å². The van der Waals surface area contributed by atoms with Crippen LogP contribution in [-0.4, -0.2) is 9.78 Å². The van der Waals surface area contributed by atoms with E-state index in [2.05, 4.69) is 33.0 Å². The fraction of sp³-hybridized carbons (Fsp3) is 0.182. The Hall–Kier alpha value is -1.24. The first-order valence-corrected chi connectivity index (χ1v) is 5.98. The molecular formula is C11H13IN4. The molecule has 0 aliphatic carbocycles. The summed E-state index contributed by atoms with van der Waals surface area (Å²) in [6, 6.07) is 8.06. The fourth-order valence-corrected chi connectivity index (χ4v) is 2.04. The third-order valence-corrected chi connectivity index (χ3v) is 3.34. The van der Waals surface area contributed by atoms with Gasteiger partial charge in [0.1, 0.15) is 0 Å². The molecular weight excluding hydrogens is 315 g/mol. The largest absolute Gasteiger partial charge is 0.394 e. The van der Waals surface area contributed by atoms with Gasteiger partial charge in [-0.3, -0.25) is 4.68 Å². The van der Waals surface area contributed by atoms with Gasteiger partial charge in [-0.1, -0.05) is 12.1 Å². The number of nitrogens with one attached hydrogen (secondary N) is 1. The number of rotatable bonds is 2. The van der Waals surface area contributed by atoms with Gasteiger partial charge in [-0.05, 0) is 41.6 Å². The van der Waals surface area contributed by atoms with E-state index in [1.807, 2.05) is 38.2 Å². The van der Waals surface area contributed by atoms with Gasteiger partial charge in [0, 0.05) is 10.6 Å². The molecule has 0 fully saturated rings. The molecule has 1 aromatic carbocycles. The van der Waals surface area contributed by atoms with E-state index >= 15 is 0 Å². The molecule has 0 spiro atoms. The second-order valence-corrected chi connectivity index (χ2v) is 4.74. The van der Waals surface area contributed by atoms with Gasteiger partial charge in [0.05, 0.1) is 17.1 Å². The number of halogens is 1. The lowest BCUT2D eigenvalue weighted by molar-refractivity contribution is 0.765. The minimum atomic E-state index is 0.696. The summed E-state index contributed by atoms with van der Waals surface area (Å²) in [4.78, 5) is 0. The van der Waals surface area contributed by atoms with E-state index in [4.69, 9.17) is 5.73 Å². The van der Waals surface area contributed by atoms with Crippen molar-refractivity contribution in [3.05, 3.63) is 33.5 Å². The molecule has 1 aromatic heterocycles. The molecule has 0 saturated heterocycles. The predicted octanol–water partition coefficient (Wildman–Crippen LogP) is 2.66. The number of para-hydroxylation sites is 1. The third-order valence-electron chi connectivity index (χ3n) is 2.40. The number of hydrogen-bond donors (Lipinski definition) is 2. The van der Waals surface area contributed by atoms with Crippen LogP contribution in [-0.2, 0) is 7.05 Å². The highest BCUT2D eigenvalue weighted by atomic mass is 127. The molecule has 0 aliphatic heterocycles. The van der Waals surface area contributed by atoms with Crippen molar-refractivity contribution in [2.75, 3.05) is 11.1 Å². The quantitative estimate of drug-likeness (QED) is 0.834. The van der Waals surface area contributed by atoms with Crippen LogP contribution in [0.5, 0.6) is 0 Å². The van der Waals surface area contributed by atoms with Gasteiger partial charge in [-0.25, -0.2) is 0 Å².